The highest BCUT2D eigenvalue weighted by molar-refractivity contribution is 5.73. The van der Waals surface area contributed by atoms with Crippen LogP contribution in [0.2, 0.25) is 0 Å². The van der Waals surface area contributed by atoms with Crippen molar-refractivity contribution in [1.29, 1.82) is 0 Å². The molecule has 120 valence electrons. The van der Waals surface area contributed by atoms with Crippen molar-refractivity contribution in [3.63, 3.8) is 0 Å². The van der Waals surface area contributed by atoms with Gasteiger partial charge in [-0.05, 0) is 45.7 Å². The lowest BCUT2D eigenvalue weighted by molar-refractivity contribution is 0.0764. The van der Waals surface area contributed by atoms with E-state index in [1.54, 1.807) is 4.80 Å². The van der Waals surface area contributed by atoms with Crippen LogP contribution >= 0.6 is 0 Å². The number of benzene rings is 1. The lowest BCUT2D eigenvalue weighted by Crippen LogP contribution is -2.16. The van der Waals surface area contributed by atoms with Crippen LogP contribution in [0.15, 0.2) is 30.5 Å². The average molecular weight is 301 g/mol. The first-order valence-electron chi connectivity index (χ1n) is 8.19. The molecule has 0 amide bonds. The number of nitrogens with zero attached hydrogens (tertiary/aromatic N) is 3. The molecular formula is C18H27N3O. The highest BCUT2D eigenvalue weighted by Crippen LogP contribution is 2.19. The Morgan fingerprint density at radius 1 is 1.09 bits per heavy atom. The summed E-state index contributed by atoms with van der Waals surface area (Å²) in [6.07, 6.45) is 7.61. The molecule has 2 aromatic rings. The molecule has 1 aromatic carbocycles. The largest absolute Gasteiger partial charge is 0.494 e. The lowest BCUT2D eigenvalue weighted by Gasteiger charge is -2.19. The third-order valence-corrected chi connectivity index (χ3v) is 3.38. The summed E-state index contributed by atoms with van der Waals surface area (Å²) in [4.78, 5) is 1.72. The molecule has 1 heterocycles. The Kier molecular flexibility index (Phi) is 5.58. The maximum absolute atomic E-state index is 5.84. The van der Waals surface area contributed by atoms with Gasteiger partial charge in [0.2, 0.25) is 0 Å². The number of allylic oxidation sites excluding steroid dienone is 1. The predicted octanol–water partition coefficient (Wildman–Crippen LogP) is 5.02. The maximum atomic E-state index is 5.84. The number of unbranched alkanes of at least 4 members (excludes halogenated alkanes) is 3. The van der Waals surface area contributed by atoms with Crippen LogP contribution < -0.4 is 0 Å². The van der Waals surface area contributed by atoms with Crippen molar-refractivity contribution in [2.75, 3.05) is 0 Å². The molecule has 0 bridgehead atoms. The Hall–Kier alpha value is -1.84. The first-order valence-corrected chi connectivity index (χ1v) is 8.19. The van der Waals surface area contributed by atoms with Gasteiger partial charge in [0.05, 0.1) is 11.3 Å². The van der Waals surface area contributed by atoms with E-state index in [4.69, 9.17) is 4.74 Å². The van der Waals surface area contributed by atoms with Crippen molar-refractivity contribution in [3.8, 4) is 0 Å². The molecule has 0 fully saturated rings. The minimum atomic E-state index is -0.207. The van der Waals surface area contributed by atoms with Gasteiger partial charge < -0.3 is 4.74 Å². The van der Waals surface area contributed by atoms with E-state index in [-0.39, 0.29) is 5.60 Å². The van der Waals surface area contributed by atoms with E-state index in [0.29, 0.717) is 0 Å². The van der Waals surface area contributed by atoms with Crippen LogP contribution in [-0.2, 0) is 4.74 Å². The van der Waals surface area contributed by atoms with Gasteiger partial charge in [-0.2, -0.15) is 4.80 Å². The van der Waals surface area contributed by atoms with Crippen molar-refractivity contribution >= 4 is 16.7 Å². The van der Waals surface area contributed by atoms with E-state index >= 15 is 0 Å². The zero-order valence-electron chi connectivity index (χ0n) is 14.2. The maximum Gasteiger partial charge on any atom is 0.113 e. The number of hydrogen-bond acceptors (Lipinski definition) is 3. The molecule has 2 rings (SSSR count). The number of ether oxygens (including phenoxy) is 1. The van der Waals surface area contributed by atoms with E-state index in [1.165, 1.54) is 19.3 Å². The molecule has 0 aliphatic heterocycles. The van der Waals surface area contributed by atoms with Crippen LogP contribution in [0.25, 0.3) is 16.7 Å². The molecule has 1 aromatic heterocycles. The first-order chi connectivity index (χ1) is 10.5. The summed E-state index contributed by atoms with van der Waals surface area (Å²) in [5.41, 5.74) is 2.64. The summed E-state index contributed by atoms with van der Waals surface area (Å²) in [5.74, 6) is 0. The molecular weight excluding hydrogens is 274 g/mol. The number of fused-ring (bicyclic) bond motifs is 1. The van der Waals surface area contributed by atoms with Gasteiger partial charge in [0.1, 0.15) is 17.3 Å². The Labute approximate surface area is 133 Å². The van der Waals surface area contributed by atoms with Gasteiger partial charge in [-0.25, -0.2) is 0 Å². The smallest absolute Gasteiger partial charge is 0.113 e. The summed E-state index contributed by atoms with van der Waals surface area (Å²) in [6.45, 7) is 8.36. The molecule has 4 heteroatoms. The van der Waals surface area contributed by atoms with Crippen molar-refractivity contribution in [2.45, 2.75) is 65.4 Å². The van der Waals surface area contributed by atoms with Crippen LogP contribution in [0, 0.1) is 0 Å². The lowest BCUT2D eigenvalue weighted by atomic mass is 10.1. The van der Waals surface area contributed by atoms with Gasteiger partial charge in [-0.3, -0.25) is 0 Å². The molecule has 0 aliphatic carbocycles. The average Bonchev–Trinajstić information content (AvgIpc) is 2.89. The molecule has 0 spiro atoms. The Morgan fingerprint density at radius 2 is 1.73 bits per heavy atom. The van der Waals surface area contributed by atoms with Gasteiger partial charge in [-0.15, -0.1) is 10.2 Å². The van der Waals surface area contributed by atoms with Crippen molar-refractivity contribution in [2.24, 2.45) is 0 Å². The fraction of sp³-hybridized carbons (Fsp3) is 0.556. The second kappa shape index (κ2) is 7.43. The third-order valence-electron chi connectivity index (χ3n) is 3.38. The summed E-state index contributed by atoms with van der Waals surface area (Å²) in [7, 11) is 0. The SMILES string of the molecule is CCCCCC/C(=C/OC(C)(C)C)n1nc2ccccc2n1. The topological polar surface area (TPSA) is 39.9 Å². The summed E-state index contributed by atoms with van der Waals surface area (Å²) >= 11 is 0. The third kappa shape index (κ3) is 4.86. The Balaban J connectivity index is 2.18. The van der Waals surface area contributed by atoms with Crippen molar-refractivity contribution in [3.05, 3.63) is 30.5 Å². The van der Waals surface area contributed by atoms with Crippen molar-refractivity contribution < 1.29 is 4.74 Å². The predicted molar refractivity (Wildman–Crippen MR) is 91.4 cm³/mol. The monoisotopic (exact) mass is 301 g/mol. The molecule has 0 saturated carbocycles. The molecule has 22 heavy (non-hydrogen) atoms. The standard InChI is InChI=1S/C18H27N3O/c1-5-6-7-8-11-15(14-22-18(2,3)4)21-19-16-12-9-10-13-17(16)20-21/h9-10,12-14H,5-8,11H2,1-4H3/b15-14-. The van der Waals surface area contributed by atoms with Crippen molar-refractivity contribution in [1.82, 2.24) is 15.0 Å². The van der Waals surface area contributed by atoms with Gasteiger partial charge in [0, 0.05) is 0 Å². The van der Waals surface area contributed by atoms with Crippen LogP contribution in [0.1, 0.15) is 59.8 Å². The fourth-order valence-electron chi connectivity index (χ4n) is 2.17. The quantitative estimate of drug-likeness (QED) is 0.533. The number of hydrogen-bond donors (Lipinski definition) is 0. The van der Waals surface area contributed by atoms with E-state index < -0.39 is 0 Å². The minimum absolute atomic E-state index is 0.207. The van der Waals surface area contributed by atoms with E-state index in [1.807, 2.05) is 51.3 Å². The summed E-state index contributed by atoms with van der Waals surface area (Å²) in [6, 6.07) is 7.94. The van der Waals surface area contributed by atoms with Crippen LogP contribution in [0.3, 0.4) is 0 Å². The van der Waals surface area contributed by atoms with E-state index in [2.05, 4.69) is 17.1 Å². The molecule has 0 aliphatic rings. The normalized spacial score (nSPS) is 12.8. The number of rotatable bonds is 7. The minimum Gasteiger partial charge on any atom is -0.494 e. The molecule has 0 saturated heterocycles. The van der Waals surface area contributed by atoms with Crippen LogP contribution in [0.5, 0.6) is 0 Å². The molecule has 0 N–H and O–H groups in total. The second-order valence-electron chi connectivity index (χ2n) is 6.63. The highest BCUT2D eigenvalue weighted by atomic mass is 16.5. The zero-order valence-corrected chi connectivity index (χ0v) is 14.2. The molecule has 0 atom stereocenters. The summed E-state index contributed by atoms with van der Waals surface area (Å²) in [5, 5.41) is 9.14. The first kappa shape index (κ1) is 16.5. The van der Waals surface area contributed by atoms with Gasteiger partial charge in [0.15, 0.2) is 0 Å². The van der Waals surface area contributed by atoms with E-state index in [9.17, 15) is 0 Å². The Bertz CT molecular complexity index is 590. The summed E-state index contributed by atoms with van der Waals surface area (Å²) < 4.78 is 5.84. The van der Waals surface area contributed by atoms with Gasteiger partial charge >= 0.3 is 0 Å². The zero-order chi connectivity index (χ0) is 16.0. The van der Waals surface area contributed by atoms with E-state index in [0.717, 1.165) is 29.6 Å². The fourth-order valence-corrected chi connectivity index (χ4v) is 2.17. The Morgan fingerprint density at radius 3 is 2.27 bits per heavy atom. The van der Waals surface area contributed by atoms with Crippen LogP contribution in [0.4, 0.5) is 0 Å². The van der Waals surface area contributed by atoms with Gasteiger partial charge in [-0.1, -0.05) is 38.3 Å². The molecule has 0 unspecified atom stereocenters. The molecule has 0 radical (unpaired) electrons. The molecule has 4 nitrogen and oxygen atoms in total. The second-order valence-corrected chi connectivity index (χ2v) is 6.63. The van der Waals surface area contributed by atoms with Crippen LogP contribution in [-0.4, -0.2) is 20.6 Å². The highest BCUT2D eigenvalue weighted by Gasteiger charge is 2.12. The number of aromatic nitrogens is 3. The van der Waals surface area contributed by atoms with Gasteiger partial charge in [0.25, 0.3) is 0 Å².